The molecular formula is C14H23NO. The van der Waals surface area contributed by atoms with E-state index in [-0.39, 0.29) is 6.10 Å². The Morgan fingerprint density at radius 2 is 1.94 bits per heavy atom. The number of nitrogens with one attached hydrogen (secondary N) is 1. The van der Waals surface area contributed by atoms with Gasteiger partial charge < -0.3 is 10.1 Å². The summed E-state index contributed by atoms with van der Waals surface area (Å²) >= 11 is 0. The number of benzene rings is 1. The van der Waals surface area contributed by atoms with Gasteiger partial charge in [-0.25, -0.2) is 0 Å². The number of methoxy groups -OCH3 is 1. The highest BCUT2D eigenvalue weighted by atomic mass is 16.5. The van der Waals surface area contributed by atoms with Gasteiger partial charge in [0.25, 0.3) is 0 Å². The Bertz CT molecular complexity index is 336. The van der Waals surface area contributed by atoms with E-state index in [2.05, 4.69) is 44.3 Å². The summed E-state index contributed by atoms with van der Waals surface area (Å²) in [6.45, 7) is 6.40. The molecule has 0 saturated carbocycles. The molecule has 1 aromatic carbocycles. The van der Waals surface area contributed by atoms with Crippen LogP contribution in [0.3, 0.4) is 0 Å². The summed E-state index contributed by atoms with van der Waals surface area (Å²) in [7, 11) is 3.75. The quantitative estimate of drug-likeness (QED) is 0.824. The van der Waals surface area contributed by atoms with E-state index >= 15 is 0 Å². The lowest BCUT2D eigenvalue weighted by atomic mass is 9.99. The van der Waals surface area contributed by atoms with Crippen molar-refractivity contribution in [2.24, 2.45) is 0 Å². The van der Waals surface area contributed by atoms with Crippen LogP contribution in [0.2, 0.25) is 0 Å². The van der Waals surface area contributed by atoms with Gasteiger partial charge in [0.1, 0.15) is 0 Å². The van der Waals surface area contributed by atoms with Crippen molar-refractivity contribution in [3.05, 3.63) is 34.9 Å². The lowest BCUT2D eigenvalue weighted by Gasteiger charge is -2.22. The monoisotopic (exact) mass is 221 g/mol. The lowest BCUT2D eigenvalue weighted by Crippen LogP contribution is -2.38. The van der Waals surface area contributed by atoms with Crippen LogP contribution in [-0.4, -0.2) is 26.3 Å². The van der Waals surface area contributed by atoms with E-state index in [0.29, 0.717) is 6.04 Å². The summed E-state index contributed by atoms with van der Waals surface area (Å²) in [6.07, 6.45) is 1.23. The van der Waals surface area contributed by atoms with Crippen molar-refractivity contribution < 1.29 is 4.74 Å². The molecule has 0 aliphatic rings. The number of aryl methyl sites for hydroxylation is 2. The maximum absolute atomic E-state index is 5.37. The molecule has 0 saturated heterocycles. The maximum atomic E-state index is 5.37. The molecule has 90 valence electrons. The molecule has 0 spiro atoms. The first-order chi connectivity index (χ1) is 7.58. The average Bonchev–Trinajstić information content (AvgIpc) is 2.29. The summed E-state index contributed by atoms with van der Waals surface area (Å²) in [5.74, 6) is 0. The fraction of sp³-hybridized carbons (Fsp3) is 0.571. The SMILES string of the molecule is CNC(Cc1ccc(C)c(C)c1)C(C)OC. The summed E-state index contributed by atoms with van der Waals surface area (Å²) in [5, 5.41) is 3.31. The Morgan fingerprint density at radius 1 is 1.25 bits per heavy atom. The molecule has 0 radical (unpaired) electrons. The Morgan fingerprint density at radius 3 is 2.44 bits per heavy atom. The molecule has 2 heteroatoms. The van der Waals surface area contributed by atoms with Crippen LogP contribution in [0, 0.1) is 13.8 Å². The highest BCUT2D eigenvalue weighted by Gasteiger charge is 2.15. The Balaban J connectivity index is 2.74. The molecule has 1 aromatic rings. The minimum Gasteiger partial charge on any atom is -0.380 e. The van der Waals surface area contributed by atoms with Crippen molar-refractivity contribution in [1.29, 1.82) is 0 Å². The predicted molar refractivity (Wildman–Crippen MR) is 68.9 cm³/mol. The van der Waals surface area contributed by atoms with Gasteiger partial charge in [-0.15, -0.1) is 0 Å². The molecule has 0 aromatic heterocycles. The van der Waals surface area contributed by atoms with E-state index in [1.54, 1.807) is 7.11 Å². The minimum atomic E-state index is 0.228. The lowest BCUT2D eigenvalue weighted by molar-refractivity contribution is 0.0857. The Kier molecular flexibility index (Phi) is 4.97. The van der Waals surface area contributed by atoms with E-state index in [1.807, 2.05) is 7.05 Å². The largest absolute Gasteiger partial charge is 0.380 e. The van der Waals surface area contributed by atoms with Gasteiger partial charge in [0.05, 0.1) is 6.10 Å². The van der Waals surface area contributed by atoms with Gasteiger partial charge in [-0.2, -0.15) is 0 Å². The van der Waals surface area contributed by atoms with Crippen LogP contribution in [-0.2, 0) is 11.2 Å². The second-order valence-corrected chi connectivity index (χ2v) is 4.46. The number of ether oxygens (including phenoxy) is 1. The van der Waals surface area contributed by atoms with Gasteiger partial charge in [-0.1, -0.05) is 18.2 Å². The van der Waals surface area contributed by atoms with Gasteiger partial charge in [0, 0.05) is 13.2 Å². The van der Waals surface area contributed by atoms with Gasteiger partial charge in [0.15, 0.2) is 0 Å². The van der Waals surface area contributed by atoms with Crippen LogP contribution < -0.4 is 5.32 Å². The van der Waals surface area contributed by atoms with Crippen molar-refractivity contribution in [3.63, 3.8) is 0 Å². The number of likely N-dealkylation sites (N-methyl/N-ethyl adjacent to an activating group) is 1. The third-order valence-electron chi connectivity index (χ3n) is 3.34. The fourth-order valence-electron chi connectivity index (χ4n) is 1.85. The van der Waals surface area contributed by atoms with Crippen molar-refractivity contribution >= 4 is 0 Å². The predicted octanol–water partition coefficient (Wildman–Crippen LogP) is 2.47. The maximum Gasteiger partial charge on any atom is 0.0699 e. The zero-order valence-electron chi connectivity index (χ0n) is 11.0. The Labute approximate surface area is 99.0 Å². The van der Waals surface area contributed by atoms with Crippen LogP contribution in [0.5, 0.6) is 0 Å². The van der Waals surface area contributed by atoms with E-state index in [9.17, 15) is 0 Å². The van der Waals surface area contributed by atoms with Gasteiger partial charge in [-0.3, -0.25) is 0 Å². The summed E-state index contributed by atoms with van der Waals surface area (Å²) in [4.78, 5) is 0. The summed E-state index contributed by atoms with van der Waals surface area (Å²) in [6, 6.07) is 7.03. The van der Waals surface area contributed by atoms with Crippen LogP contribution in [0.1, 0.15) is 23.6 Å². The molecule has 1 N–H and O–H groups in total. The molecule has 0 aliphatic heterocycles. The minimum absolute atomic E-state index is 0.228. The topological polar surface area (TPSA) is 21.3 Å². The van der Waals surface area contributed by atoms with Crippen molar-refractivity contribution in [2.45, 2.75) is 39.3 Å². The third-order valence-corrected chi connectivity index (χ3v) is 3.34. The van der Waals surface area contributed by atoms with Crippen molar-refractivity contribution in [2.75, 3.05) is 14.2 Å². The second-order valence-electron chi connectivity index (χ2n) is 4.46. The van der Waals surface area contributed by atoms with Crippen LogP contribution in [0.25, 0.3) is 0 Å². The highest BCUT2D eigenvalue weighted by Crippen LogP contribution is 2.13. The van der Waals surface area contributed by atoms with Crippen LogP contribution in [0.15, 0.2) is 18.2 Å². The molecule has 16 heavy (non-hydrogen) atoms. The van der Waals surface area contributed by atoms with Crippen molar-refractivity contribution in [3.8, 4) is 0 Å². The molecule has 1 rings (SSSR count). The van der Waals surface area contributed by atoms with Gasteiger partial charge >= 0.3 is 0 Å². The molecule has 0 fully saturated rings. The molecule has 0 bridgehead atoms. The first-order valence-electron chi connectivity index (χ1n) is 5.84. The standard InChI is InChI=1S/C14H23NO/c1-10-6-7-13(8-11(10)2)9-14(15-4)12(3)16-5/h6-8,12,14-15H,9H2,1-5H3. The smallest absolute Gasteiger partial charge is 0.0699 e. The molecule has 0 heterocycles. The van der Waals surface area contributed by atoms with E-state index in [1.165, 1.54) is 16.7 Å². The zero-order valence-corrected chi connectivity index (χ0v) is 11.0. The third kappa shape index (κ3) is 3.32. The van der Waals surface area contributed by atoms with Gasteiger partial charge in [0.2, 0.25) is 0 Å². The fourth-order valence-corrected chi connectivity index (χ4v) is 1.85. The zero-order chi connectivity index (χ0) is 12.1. The molecular weight excluding hydrogens is 198 g/mol. The average molecular weight is 221 g/mol. The molecule has 0 aliphatic carbocycles. The molecule has 2 unspecified atom stereocenters. The first kappa shape index (κ1) is 13.2. The van der Waals surface area contributed by atoms with Crippen molar-refractivity contribution in [1.82, 2.24) is 5.32 Å². The Hall–Kier alpha value is -0.860. The number of hydrogen-bond acceptors (Lipinski definition) is 2. The van der Waals surface area contributed by atoms with Crippen LogP contribution >= 0.6 is 0 Å². The molecule has 2 nitrogen and oxygen atoms in total. The number of hydrogen-bond donors (Lipinski definition) is 1. The van der Waals surface area contributed by atoms with E-state index < -0.39 is 0 Å². The van der Waals surface area contributed by atoms with E-state index in [4.69, 9.17) is 4.74 Å². The van der Waals surface area contributed by atoms with Gasteiger partial charge in [-0.05, 0) is 50.9 Å². The summed E-state index contributed by atoms with van der Waals surface area (Å²) < 4.78 is 5.37. The number of rotatable bonds is 5. The second kappa shape index (κ2) is 6.02. The molecule has 2 atom stereocenters. The highest BCUT2D eigenvalue weighted by molar-refractivity contribution is 5.30. The normalized spacial score (nSPS) is 14.8. The first-order valence-corrected chi connectivity index (χ1v) is 5.84. The van der Waals surface area contributed by atoms with Crippen LogP contribution in [0.4, 0.5) is 0 Å². The molecule has 0 amide bonds. The van der Waals surface area contributed by atoms with E-state index in [0.717, 1.165) is 6.42 Å². The summed E-state index contributed by atoms with van der Waals surface area (Å²) in [5.41, 5.74) is 4.08.